The van der Waals surface area contributed by atoms with Gasteiger partial charge in [-0.25, -0.2) is 4.79 Å². The third-order valence-electron chi connectivity index (χ3n) is 3.05. The Morgan fingerprint density at radius 2 is 1.86 bits per heavy atom. The number of nitrogens with one attached hydrogen (secondary N) is 1. The minimum Gasteiger partial charge on any atom is -0.508 e. The van der Waals surface area contributed by atoms with Crippen LogP contribution in [0.25, 0.3) is 0 Å². The molecule has 1 amide bonds. The molecule has 1 aromatic carbocycles. The van der Waals surface area contributed by atoms with Gasteiger partial charge in [0.25, 0.3) is 0 Å². The number of aliphatic carboxylic acids is 1. The SMILES string of the molecule is NCCC[C@H](N)C(=O)NC(Cc1ccc(O)cc1)C(=O)O. The summed E-state index contributed by atoms with van der Waals surface area (Å²) < 4.78 is 0. The highest BCUT2D eigenvalue weighted by Gasteiger charge is 2.23. The van der Waals surface area contributed by atoms with Gasteiger partial charge in [-0.2, -0.15) is 0 Å². The summed E-state index contributed by atoms with van der Waals surface area (Å²) in [4.78, 5) is 23.0. The van der Waals surface area contributed by atoms with Gasteiger partial charge in [-0.1, -0.05) is 12.1 Å². The molecule has 0 aliphatic rings. The lowest BCUT2D eigenvalue weighted by Crippen LogP contribution is -2.49. The Morgan fingerprint density at radius 3 is 2.38 bits per heavy atom. The van der Waals surface area contributed by atoms with Crippen molar-refractivity contribution in [2.75, 3.05) is 6.54 Å². The first-order valence-corrected chi connectivity index (χ1v) is 6.70. The highest BCUT2D eigenvalue weighted by molar-refractivity contribution is 5.86. The van der Waals surface area contributed by atoms with Crippen molar-refractivity contribution in [1.82, 2.24) is 5.32 Å². The van der Waals surface area contributed by atoms with Crippen LogP contribution in [0.4, 0.5) is 0 Å². The fourth-order valence-corrected chi connectivity index (χ4v) is 1.82. The molecule has 7 nitrogen and oxygen atoms in total. The van der Waals surface area contributed by atoms with Gasteiger partial charge in [0.05, 0.1) is 6.04 Å². The lowest BCUT2D eigenvalue weighted by molar-refractivity contribution is -0.142. The molecule has 7 N–H and O–H groups in total. The van der Waals surface area contributed by atoms with E-state index in [1.54, 1.807) is 12.1 Å². The number of rotatable bonds is 8. The maximum atomic E-state index is 11.8. The topological polar surface area (TPSA) is 139 Å². The van der Waals surface area contributed by atoms with Crippen molar-refractivity contribution >= 4 is 11.9 Å². The van der Waals surface area contributed by atoms with Crippen LogP contribution in [-0.4, -0.2) is 40.7 Å². The molecule has 0 saturated carbocycles. The van der Waals surface area contributed by atoms with Crippen LogP contribution in [0, 0.1) is 0 Å². The molecule has 0 radical (unpaired) electrons. The monoisotopic (exact) mass is 295 g/mol. The molecule has 0 fully saturated rings. The Bertz CT molecular complexity index is 476. The average molecular weight is 295 g/mol. The number of carbonyl (C=O) groups is 2. The number of carbonyl (C=O) groups excluding carboxylic acids is 1. The Balaban J connectivity index is 2.63. The zero-order valence-electron chi connectivity index (χ0n) is 11.7. The lowest BCUT2D eigenvalue weighted by Gasteiger charge is -2.18. The van der Waals surface area contributed by atoms with Gasteiger partial charge in [0.15, 0.2) is 0 Å². The van der Waals surface area contributed by atoms with Crippen LogP contribution in [0.3, 0.4) is 0 Å². The molecule has 0 aliphatic heterocycles. The van der Waals surface area contributed by atoms with E-state index in [1.807, 2.05) is 0 Å². The summed E-state index contributed by atoms with van der Waals surface area (Å²) in [6.45, 7) is 0.427. The maximum Gasteiger partial charge on any atom is 0.326 e. The van der Waals surface area contributed by atoms with E-state index in [4.69, 9.17) is 11.5 Å². The van der Waals surface area contributed by atoms with Crippen LogP contribution >= 0.6 is 0 Å². The second-order valence-corrected chi connectivity index (χ2v) is 4.81. The molecule has 0 heterocycles. The van der Waals surface area contributed by atoms with Gasteiger partial charge in [0.2, 0.25) is 5.91 Å². The largest absolute Gasteiger partial charge is 0.508 e. The van der Waals surface area contributed by atoms with Crippen LogP contribution in [0.2, 0.25) is 0 Å². The van der Waals surface area contributed by atoms with Gasteiger partial charge < -0.3 is 27.0 Å². The third kappa shape index (κ3) is 5.80. The van der Waals surface area contributed by atoms with Crippen molar-refractivity contribution in [3.63, 3.8) is 0 Å². The van der Waals surface area contributed by atoms with E-state index >= 15 is 0 Å². The summed E-state index contributed by atoms with van der Waals surface area (Å²) in [7, 11) is 0. The minimum absolute atomic E-state index is 0.0958. The zero-order valence-corrected chi connectivity index (χ0v) is 11.7. The molecule has 2 atom stereocenters. The highest BCUT2D eigenvalue weighted by atomic mass is 16.4. The molecule has 21 heavy (non-hydrogen) atoms. The number of aromatic hydroxyl groups is 1. The van der Waals surface area contributed by atoms with Crippen LogP contribution in [-0.2, 0) is 16.0 Å². The number of nitrogens with two attached hydrogens (primary N) is 2. The summed E-state index contributed by atoms with van der Waals surface area (Å²) in [5, 5.41) is 20.8. The number of phenols is 1. The Kier molecular flexibility index (Phi) is 6.64. The van der Waals surface area contributed by atoms with Gasteiger partial charge in [-0.15, -0.1) is 0 Å². The first kappa shape index (κ1) is 16.9. The van der Waals surface area contributed by atoms with Gasteiger partial charge in [-0.3, -0.25) is 4.79 Å². The van der Waals surface area contributed by atoms with Crippen molar-refractivity contribution in [2.45, 2.75) is 31.3 Å². The molecular weight excluding hydrogens is 274 g/mol. The molecule has 0 aromatic heterocycles. The summed E-state index contributed by atoms with van der Waals surface area (Å²) in [5.41, 5.74) is 11.7. The molecular formula is C14H21N3O4. The van der Waals surface area contributed by atoms with Crippen LogP contribution in [0.1, 0.15) is 18.4 Å². The first-order chi connectivity index (χ1) is 9.93. The second kappa shape index (κ2) is 8.23. The fraction of sp³-hybridized carbons (Fsp3) is 0.429. The van der Waals surface area contributed by atoms with E-state index < -0.39 is 24.0 Å². The van der Waals surface area contributed by atoms with Gasteiger partial charge in [-0.05, 0) is 37.1 Å². The molecule has 1 rings (SSSR count). The molecule has 1 unspecified atom stereocenters. The van der Waals surface area contributed by atoms with E-state index in [-0.39, 0.29) is 12.2 Å². The molecule has 0 bridgehead atoms. The second-order valence-electron chi connectivity index (χ2n) is 4.81. The molecule has 1 aromatic rings. The van der Waals surface area contributed by atoms with E-state index in [1.165, 1.54) is 12.1 Å². The third-order valence-corrected chi connectivity index (χ3v) is 3.05. The van der Waals surface area contributed by atoms with E-state index in [0.29, 0.717) is 24.9 Å². The Hall–Kier alpha value is -2.12. The molecule has 0 aliphatic carbocycles. The van der Waals surface area contributed by atoms with Crippen molar-refractivity contribution in [2.24, 2.45) is 11.5 Å². The number of amides is 1. The van der Waals surface area contributed by atoms with Crippen LogP contribution in [0.15, 0.2) is 24.3 Å². The number of carboxylic acids is 1. The predicted molar refractivity (Wildman–Crippen MR) is 77.6 cm³/mol. The van der Waals surface area contributed by atoms with E-state index in [0.717, 1.165) is 0 Å². The standard InChI is InChI=1S/C14H21N3O4/c15-7-1-2-11(16)13(19)17-12(14(20)21)8-9-3-5-10(18)6-4-9/h3-6,11-12,18H,1-2,7-8,15-16H2,(H,17,19)(H,20,21)/t11-,12?/m0/s1. The summed E-state index contributed by atoms with van der Waals surface area (Å²) in [6.07, 6.45) is 1.13. The lowest BCUT2D eigenvalue weighted by atomic mass is 10.0. The Morgan fingerprint density at radius 1 is 1.24 bits per heavy atom. The molecule has 0 spiro atoms. The minimum atomic E-state index is -1.14. The number of carboxylic acid groups (broad SMARTS) is 1. The highest BCUT2D eigenvalue weighted by Crippen LogP contribution is 2.11. The summed E-state index contributed by atoms with van der Waals surface area (Å²) >= 11 is 0. The van der Waals surface area contributed by atoms with E-state index in [2.05, 4.69) is 5.32 Å². The summed E-state index contributed by atoms with van der Waals surface area (Å²) in [5.74, 6) is -1.55. The zero-order chi connectivity index (χ0) is 15.8. The van der Waals surface area contributed by atoms with Crippen molar-refractivity contribution in [3.05, 3.63) is 29.8 Å². The number of hydrogen-bond acceptors (Lipinski definition) is 5. The van der Waals surface area contributed by atoms with Gasteiger partial charge >= 0.3 is 5.97 Å². The maximum absolute atomic E-state index is 11.8. The Labute approximate surface area is 122 Å². The van der Waals surface area contributed by atoms with Crippen molar-refractivity contribution < 1.29 is 19.8 Å². The molecule has 116 valence electrons. The van der Waals surface area contributed by atoms with Crippen molar-refractivity contribution in [3.8, 4) is 5.75 Å². The van der Waals surface area contributed by atoms with Crippen LogP contribution in [0.5, 0.6) is 5.75 Å². The van der Waals surface area contributed by atoms with E-state index in [9.17, 15) is 19.8 Å². The molecule has 0 saturated heterocycles. The van der Waals surface area contributed by atoms with Crippen LogP contribution < -0.4 is 16.8 Å². The van der Waals surface area contributed by atoms with Crippen molar-refractivity contribution in [1.29, 1.82) is 0 Å². The normalized spacial score (nSPS) is 13.4. The number of phenolic OH excluding ortho intramolecular Hbond substituents is 1. The summed E-state index contributed by atoms with van der Waals surface area (Å²) in [6, 6.07) is 4.30. The van der Waals surface area contributed by atoms with Gasteiger partial charge in [0.1, 0.15) is 11.8 Å². The first-order valence-electron chi connectivity index (χ1n) is 6.70. The smallest absolute Gasteiger partial charge is 0.326 e. The predicted octanol–water partition coefficient (Wildman–Crippen LogP) is -0.430. The number of benzene rings is 1. The quantitative estimate of drug-likeness (QED) is 0.441. The van der Waals surface area contributed by atoms with Gasteiger partial charge in [0, 0.05) is 6.42 Å². The molecule has 7 heteroatoms. The average Bonchev–Trinajstić information content (AvgIpc) is 2.45. The fourth-order valence-electron chi connectivity index (χ4n) is 1.82. The number of hydrogen-bond donors (Lipinski definition) is 5.